The smallest absolute Gasteiger partial charge is 0.305 e. The minimum Gasteiger partial charge on any atom is -0.465 e. The van der Waals surface area contributed by atoms with Gasteiger partial charge in [0, 0.05) is 18.3 Å². The maximum atomic E-state index is 11.8. The van der Waals surface area contributed by atoms with Crippen molar-refractivity contribution in [3.63, 3.8) is 0 Å². The number of carbonyl (C=O) groups is 2. The normalized spacial score (nSPS) is 38.0. The molecule has 0 unspecified atom stereocenters. The standard InChI is InChI=1S/C17H26O3/c1-12(18)3-2-4-16(19)20-11-17-8-13-5-14(9-17)7-15(6-13)10-17/h13-15H,2-11H2,1H3. The highest BCUT2D eigenvalue weighted by molar-refractivity contribution is 5.76. The van der Waals surface area contributed by atoms with Crippen molar-refractivity contribution in [2.75, 3.05) is 6.61 Å². The number of ether oxygens (including phenoxy) is 1. The summed E-state index contributed by atoms with van der Waals surface area (Å²) in [5.74, 6) is 2.74. The molecule has 0 radical (unpaired) electrons. The summed E-state index contributed by atoms with van der Waals surface area (Å²) in [6.45, 7) is 2.20. The van der Waals surface area contributed by atoms with Gasteiger partial charge in [0.2, 0.25) is 0 Å². The Labute approximate surface area is 121 Å². The van der Waals surface area contributed by atoms with E-state index in [1.165, 1.54) is 38.5 Å². The third-order valence-corrected chi connectivity index (χ3v) is 5.61. The number of hydrogen-bond acceptors (Lipinski definition) is 3. The second-order valence-corrected chi connectivity index (χ2v) is 7.63. The average molecular weight is 278 g/mol. The van der Waals surface area contributed by atoms with Crippen molar-refractivity contribution in [1.82, 2.24) is 0 Å². The predicted octanol–water partition coefficient (Wildman–Crippen LogP) is 3.51. The highest BCUT2D eigenvalue weighted by atomic mass is 16.5. The Morgan fingerprint density at radius 2 is 1.55 bits per heavy atom. The summed E-state index contributed by atoms with van der Waals surface area (Å²) < 4.78 is 5.56. The zero-order valence-electron chi connectivity index (χ0n) is 12.5. The van der Waals surface area contributed by atoms with Gasteiger partial charge in [-0.3, -0.25) is 4.79 Å². The van der Waals surface area contributed by atoms with Gasteiger partial charge < -0.3 is 9.53 Å². The van der Waals surface area contributed by atoms with Crippen LogP contribution < -0.4 is 0 Å². The largest absolute Gasteiger partial charge is 0.465 e. The van der Waals surface area contributed by atoms with E-state index >= 15 is 0 Å². The van der Waals surface area contributed by atoms with Gasteiger partial charge in [-0.1, -0.05) is 0 Å². The molecule has 0 heterocycles. The van der Waals surface area contributed by atoms with Crippen molar-refractivity contribution in [3.05, 3.63) is 0 Å². The van der Waals surface area contributed by atoms with E-state index in [0.29, 0.717) is 31.3 Å². The van der Waals surface area contributed by atoms with Gasteiger partial charge in [0.25, 0.3) is 0 Å². The molecule has 4 rings (SSSR count). The summed E-state index contributed by atoms with van der Waals surface area (Å²) in [6, 6.07) is 0. The highest BCUT2D eigenvalue weighted by Crippen LogP contribution is 2.60. The predicted molar refractivity (Wildman–Crippen MR) is 76.1 cm³/mol. The number of rotatable bonds is 6. The van der Waals surface area contributed by atoms with E-state index in [1.807, 2.05) is 0 Å². The van der Waals surface area contributed by atoms with Gasteiger partial charge >= 0.3 is 5.97 Å². The first-order valence-electron chi connectivity index (χ1n) is 8.20. The number of Topliss-reactive ketones (excluding diaryl/α,β-unsaturated/α-hetero) is 1. The van der Waals surface area contributed by atoms with Crippen LogP contribution in [0.1, 0.15) is 64.7 Å². The molecule has 4 bridgehead atoms. The van der Waals surface area contributed by atoms with Crippen LogP contribution in [0.3, 0.4) is 0 Å². The van der Waals surface area contributed by atoms with Crippen molar-refractivity contribution in [2.45, 2.75) is 64.7 Å². The van der Waals surface area contributed by atoms with Crippen LogP contribution >= 0.6 is 0 Å². The lowest BCUT2D eigenvalue weighted by Gasteiger charge is -2.56. The summed E-state index contributed by atoms with van der Waals surface area (Å²) in [6.07, 6.45) is 9.62. The molecule has 4 saturated carbocycles. The molecule has 4 fully saturated rings. The Balaban J connectivity index is 1.46. The van der Waals surface area contributed by atoms with Crippen LogP contribution in [0.15, 0.2) is 0 Å². The fourth-order valence-electron chi connectivity index (χ4n) is 5.25. The van der Waals surface area contributed by atoms with Gasteiger partial charge in [0.1, 0.15) is 5.78 Å². The summed E-state index contributed by atoms with van der Waals surface area (Å²) in [5.41, 5.74) is 0.311. The van der Waals surface area contributed by atoms with E-state index in [9.17, 15) is 9.59 Å². The van der Waals surface area contributed by atoms with Crippen LogP contribution in [0.5, 0.6) is 0 Å². The Morgan fingerprint density at radius 3 is 2.05 bits per heavy atom. The van der Waals surface area contributed by atoms with Gasteiger partial charge in [-0.05, 0) is 69.6 Å². The van der Waals surface area contributed by atoms with Gasteiger partial charge in [-0.25, -0.2) is 0 Å². The van der Waals surface area contributed by atoms with Gasteiger partial charge in [-0.2, -0.15) is 0 Å². The van der Waals surface area contributed by atoms with Gasteiger partial charge in [0.15, 0.2) is 0 Å². The Kier molecular flexibility index (Phi) is 3.87. The molecule has 0 spiro atoms. The second kappa shape index (κ2) is 5.50. The minimum atomic E-state index is -0.109. The van der Waals surface area contributed by atoms with Crippen molar-refractivity contribution >= 4 is 11.8 Å². The molecule has 0 aromatic heterocycles. The second-order valence-electron chi connectivity index (χ2n) is 7.63. The first kappa shape index (κ1) is 14.1. The summed E-state index contributed by atoms with van der Waals surface area (Å²) in [5, 5.41) is 0. The summed E-state index contributed by atoms with van der Waals surface area (Å²) in [7, 11) is 0. The number of carbonyl (C=O) groups excluding carboxylic acids is 2. The fourth-order valence-corrected chi connectivity index (χ4v) is 5.25. The Morgan fingerprint density at radius 1 is 1.00 bits per heavy atom. The Bertz CT molecular complexity index is 364. The van der Waals surface area contributed by atoms with Crippen LogP contribution in [0.4, 0.5) is 0 Å². The van der Waals surface area contributed by atoms with E-state index < -0.39 is 0 Å². The zero-order chi connectivity index (χ0) is 14.2. The van der Waals surface area contributed by atoms with Crippen molar-refractivity contribution < 1.29 is 14.3 Å². The third kappa shape index (κ3) is 3.07. The van der Waals surface area contributed by atoms with Gasteiger partial charge in [0.05, 0.1) is 6.61 Å². The molecular formula is C17H26O3. The van der Waals surface area contributed by atoms with Crippen LogP contribution in [0.2, 0.25) is 0 Å². The summed E-state index contributed by atoms with van der Waals surface area (Å²) >= 11 is 0. The molecule has 3 nitrogen and oxygen atoms in total. The van der Waals surface area contributed by atoms with Gasteiger partial charge in [-0.15, -0.1) is 0 Å². The number of ketones is 1. The molecule has 112 valence electrons. The highest BCUT2D eigenvalue weighted by Gasteiger charge is 2.51. The van der Waals surface area contributed by atoms with E-state index in [1.54, 1.807) is 6.92 Å². The lowest BCUT2D eigenvalue weighted by Crippen LogP contribution is -2.48. The molecule has 0 saturated heterocycles. The topological polar surface area (TPSA) is 43.4 Å². The quantitative estimate of drug-likeness (QED) is 0.698. The maximum Gasteiger partial charge on any atom is 0.305 e. The SMILES string of the molecule is CC(=O)CCCC(=O)OCC12CC3CC(CC(C3)C1)C2. The average Bonchev–Trinajstić information content (AvgIpc) is 2.34. The lowest BCUT2D eigenvalue weighted by atomic mass is 9.50. The molecule has 0 atom stereocenters. The molecule has 0 N–H and O–H groups in total. The van der Waals surface area contributed by atoms with E-state index in [0.717, 1.165) is 17.8 Å². The molecule has 0 aliphatic heterocycles. The molecule has 0 amide bonds. The van der Waals surface area contributed by atoms with Crippen molar-refractivity contribution in [1.29, 1.82) is 0 Å². The van der Waals surface area contributed by atoms with E-state index in [4.69, 9.17) is 4.74 Å². The monoisotopic (exact) mass is 278 g/mol. The maximum absolute atomic E-state index is 11.8. The lowest BCUT2D eigenvalue weighted by molar-refractivity contribution is -0.155. The number of hydrogen-bond donors (Lipinski definition) is 0. The molecule has 4 aliphatic rings. The number of esters is 1. The fraction of sp³-hybridized carbons (Fsp3) is 0.882. The minimum absolute atomic E-state index is 0.109. The van der Waals surface area contributed by atoms with E-state index in [-0.39, 0.29) is 11.8 Å². The van der Waals surface area contributed by atoms with Crippen LogP contribution in [0, 0.1) is 23.2 Å². The van der Waals surface area contributed by atoms with Crippen molar-refractivity contribution in [2.24, 2.45) is 23.2 Å². The van der Waals surface area contributed by atoms with Crippen LogP contribution in [0.25, 0.3) is 0 Å². The first-order valence-corrected chi connectivity index (χ1v) is 8.20. The van der Waals surface area contributed by atoms with E-state index in [2.05, 4.69) is 0 Å². The zero-order valence-corrected chi connectivity index (χ0v) is 12.5. The molecule has 20 heavy (non-hydrogen) atoms. The molecule has 4 aliphatic carbocycles. The van der Waals surface area contributed by atoms with Crippen molar-refractivity contribution in [3.8, 4) is 0 Å². The van der Waals surface area contributed by atoms with Crippen LogP contribution in [-0.4, -0.2) is 18.4 Å². The van der Waals surface area contributed by atoms with Crippen LogP contribution in [-0.2, 0) is 14.3 Å². The first-order chi connectivity index (χ1) is 9.55. The Hall–Kier alpha value is -0.860. The molecule has 0 aromatic rings. The molecular weight excluding hydrogens is 252 g/mol. The molecule has 0 aromatic carbocycles. The summed E-state index contributed by atoms with van der Waals surface area (Å²) in [4.78, 5) is 22.6. The third-order valence-electron chi connectivity index (χ3n) is 5.61. The molecule has 3 heteroatoms.